The summed E-state index contributed by atoms with van der Waals surface area (Å²) in [5.74, 6) is 5.51. The molecule has 3 fully saturated rings. The lowest BCUT2D eigenvalue weighted by molar-refractivity contribution is 0.160. The Morgan fingerprint density at radius 2 is 1.20 bits per heavy atom. The first kappa shape index (κ1) is 22.1. The van der Waals surface area contributed by atoms with Gasteiger partial charge in [0.2, 0.25) is 0 Å². The molecular formula is C29H43F. The predicted molar refractivity (Wildman–Crippen MR) is 126 cm³/mol. The van der Waals surface area contributed by atoms with Crippen molar-refractivity contribution in [2.45, 2.75) is 96.8 Å². The molecule has 0 amide bonds. The molecule has 0 aromatic heterocycles. The second-order valence-corrected chi connectivity index (χ2v) is 11.0. The molecule has 0 bridgehead atoms. The van der Waals surface area contributed by atoms with E-state index in [9.17, 15) is 4.39 Å². The van der Waals surface area contributed by atoms with Gasteiger partial charge < -0.3 is 0 Å². The maximum atomic E-state index is 13.0. The van der Waals surface area contributed by atoms with Crippen LogP contribution in [0.25, 0.3) is 0 Å². The van der Waals surface area contributed by atoms with Crippen molar-refractivity contribution in [3.05, 3.63) is 47.8 Å². The number of halogens is 1. The third-order valence-corrected chi connectivity index (χ3v) is 8.85. The summed E-state index contributed by atoms with van der Waals surface area (Å²) < 4.78 is 13.0. The van der Waals surface area contributed by atoms with E-state index in [1.807, 2.05) is 12.1 Å². The van der Waals surface area contributed by atoms with E-state index < -0.39 is 0 Å². The van der Waals surface area contributed by atoms with E-state index in [-0.39, 0.29) is 5.82 Å². The number of aryl methyl sites for hydroxylation is 1. The van der Waals surface area contributed by atoms with Crippen molar-refractivity contribution in [1.29, 1.82) is 0 Å². The van der Waals surface area contributed by atoms with Crippen LogP contribution in [0.15, 0.2) is 36.4 Å². The Kier molecular flexibility index (Phi) is 8.07. The Bertz CT molecular complexity index is 635. The molecule has 0 radical (unpaired) electrons. The van der Waals surface area contributed by atoms with E-state index in [1.165, 1.54) is 89.0 Å². The van der Waals surface area contributed by atoms with E-state index >= 15 is 0 Å². The lowest BCUT2D eigenvalue weighted by Gasteiger charge is -2.36. The number of hydrogen-bond acceptors (Lipinski definition) is 0. The summed E-state index contributed by atoms with van der Waals surface area (Å²) in [6.07, 6.45) is 25.0. The Morgan fingerprint density at radius 1 is 0.700 bits per heavy atom. The minimum absolute atomic E-state index is 0.122. The van der Waals surface area contributed by atoms with Gasteiger partial charge in [0.25, 0.3) is 0 Å². The molecule has 0 nitrogen and oxygen atoms in total. The lowest BCUT2D eigenvalue weighted by atomic mass is 9.69. The third kappa shape index (κ3) is 6.44. The van der Waals surface area contributed by atoms with Crippen LogP contribution in [0.3, 0.4) is 0 Å². The SMILES string of the molecule is C[C@H]1CC[C@H]([C@H]2CC[C@H](C=C[C@H]3CC[C@H](CCc4ccc(F)cc4)CC3)CC2)CC1. The summed E-state index contributed by atoms with van der Waals surface area (Å²) in [5, 5.41) is 0. The van der Waals surface area contributed by atoms with Gasteiger partial charge in [0.15, 0.2) is 0 Å². The Hall–Kier alpha value is -1.11. The van der Waals surface area contributed by atoms with Gasteiger partial charge in [-0.3, -0.25) is 0 Å². The van der Waals surface area contributed by atoms with E-state index in [1.54, 1.807) is 12.1 Å². The van der Waals surface area contributed by atoms with E-state index in [2.05, 4.69) is 19.1 Å². The van der Waals surface area contributed by atoms with Crippen LogP contribution in [0.2, 0.25) is 0 Å². The summed E-state index contributed by atoms with van der Waals surface area (Å²) in [6.45, 7) is 2.44. The predicted octanol–water partition coefficient (Wildman–Crippen LogP) is 8.75. The van der Waals surface area contributed by atoms with Crippen LogP contribution >= 0.6 is 0 Å². The monoisotopic (exact) mass is 410 g/mol. The Morgan fingerprint density at radius 3 is 1.77 bits per heavy atom. The number of allylic oxidation sites excluding steroid dienone is 2. The fourth-order valence-electron chi connectivity index (χ4n) is 6.57. The quantitative estimate of drug-likeness (QED) is 0.411. The standard InChI is InChI=1S/C29H43F/c1-22-2-16-27(17-3-22)28-18-12-25(13-19-28)10-8-23-4-6-24(7-5-23)9-11-26-14-20-29(30)21-15-26/h8,10,14-15,20-25,27-28H,2-7,9,11-13,16-19H2,1H3/t22-,23-,24-,25-,27-,28-. The van der Waals surface area contributed by atoms with E-state index in [4.69, 9.17) is 0 Å². The molecule has 0 saturated heterocycles. The van der Waals surface area contributed by atoms with Crippen molar-refractivity contribution in [2.75, 3.05) is 0 Å². The van der Waals surface area contributed by atoms with Gasteiger partial charge in [0.1, 0.15) is 5.82 Å². The average Bonchev–Trinajstić information content (AvgIpc) is 2.79. The van der Waals surface area contributed by atoms with Gasteiger partial charge in [-0.2, -0.15) is 0 Å². The summed E-state index contributed by atoms with van der Waals surface area (Å²) in [5.41, 5.74) is 1.29. The molecule has 166 valence electrons. The van der Waals surface area contributed by atoms with Gasteiger partial charge >= 0.3 is 0 Å². The minimum Gasteiger partial charge on any atom is -0.207 e. The van der Waals surface area contributed by atoms with Crippen LogP contribution in [-0.4, -0.2) is 0 Å². The van der Waals surface area contributed by atoms with Gasteiger partial charge in [-0.25, -0.2) is 4.39 Å². The number of rotatable bonds is 6. The topological polar surface area (TPSA) is 0 Å². The minimum atomic E-state index is -0.122. The molecular weight excluding hydrogens is 367 g/mol. The highest BCUT2D eigenvalue weighted by Crippen LogP contribution is 2.42. The molecule has 1 aromatic rings. The van der Waals surface area contributed by atoms with E-state index in [0.717, 1.165) is 41.9 Å². The molecule has 4 rings (SSSR count). The Labute approximate surface area is 184 Å². The second-order valence-electron chi connectivity index (χ2n) is 11.0. The van der Waals surface area contributed by atoms with Gasteiger partial charge in [-0.05, 0) is 130 Å². The van der Waals surface area contributed by atoms with Crippen molar-refractivity contribution >= 4 is 0 Å². The highest BCUT2D eigenvalue weighted by Gasteiger charge is 2.29. The van der Waals surface area contributed by atoms with Gasteiger partial charge in [-0.1, -0.05) is 44.1 Å². The maximum Gasteiger partial charge on any atom is 0.123 e. The smallest absolute Gasteiger partial charge is 0.123 e. The summed E-state index contributed by atoms with van der Waals surface area (Å²) in [4.78, 5) is 0. The van der Waals surface area contributed by atoms with Gasteiger partial charge in [-0.15, -0.1) is 0 Å². The summed E-state index contributed by atoms with van der Waals surface area (Å²) in [6, 6.07) is 7.10. The molecule has 0 atom stereocenters. The van der Waals surface area contributed by atoms with Crippen LogP contribution in [0.1, 0.15) is 96.0 Å². The number of hydrogen-bond donors (Lipinski definition) is 0. The molecule has 3 saturated carbocycles. The Balaban J connectivity index is 1.12. The van der Waals surface area contributed by atoms with Crippen LogP contribution in [-0.2, 0) is 6.42 Å². The molecule has 0 spiro atoms. The summed E-state index contributed by atoms with van der Waals surface area (Å²) in [7, 11) is 0. The van der Waals surface area contributed by atoms with Crippen molar-refractivity contribution in [2.24, 2.45) is 35.5 Å². The fourth-order valence-corrected chi connectivity index (χ4v) is 6.57. The zero-order valence-corrected chi connectivity index (χ0v) is 19.2. The molecule has 0 heterocycles. The number of benzene rings is 1. The van der Waals surface area contributed by atoms with Gasteiger partial charge in [0.05, 0.1) is 0 Å². The largest absolute Gasteiger partial charge is 0.207 e. The first-order valence-corrected chi connectivity index (χ1v) is 13.1. The van der Waals surface area contributed by atoms with Crippen molar-refractivity contribution in [3.8, 4) is 0 Å². The van der Waals surface area contributed by atoms with Crippen molar-refractivity contribution < 1.29 is 4.39 Å². The maximum absolute atomic E-state index is 13.0. The molecule has 30 heavy (non-hydrogen) atoms. The van der Waals surface area contributed by atoms with E-state index in [0.29, 0.717) is 0 Å². The normalized spacial score (nSPS) is 35.5. The molecule has 3 aliphatic carbocycles. The summed E-state index contributed by atoms with van der Waals surface area (Å²) >= 11 is 0. The molecule has 0 aliphatic heterocycles. The first-order chi connectivity index (χ1) is 14.7. The van der Waals surface area contributed by atoms with Crippen molar-refractivity contribution in [3.63, 3.8) is 0 Å². The molecule has 3 aliphatic rings. The van der Waals surface area contributed by atoms with Crippen LogP contribution in [0.4, 0.5) is 4.39 Å². The van der Waals surface area contributed by atoms with Crippen LogP contribution in [0, 0.1) is 41.3 Å². The average molecular weight is 411 g/mol. The fraction of sp³-hybridized carbons (Fsp3) is 0.724. The highest BCUT2D eigenvalue weighted by molar-refractivity contribution is 5.16. The lowest BCUT2D eigenvalue weighted by Crippen LogP contribution is -2.24. The van der Waals surface area contributed by atoms with Crippen LogP contribution in [0.5, 0.6) is 0 Å². The third-order valence-electron chi connectivity index (χ3n) is 8.85. The highest BCUT2D eigenvalue weighted by atomic mass is 19.1. The molecule has 0 N–H and O–H groups in total. The van der Waals surface area contributed by atoms with Crippen molar-refractivity contribution in [1.82, 2.24) is 0 Å². The van der Waals surface area contributed by atoms with Gasteiger partial charge in [0, 0.05) is 0 Å². The second kappa shape index (κ2) is 11.0. The molecule has 1 aromatic carbocycles. The molecule has 0 unspecified atom stereocenters. The first-order valence-electron chi connectivity index (χ1n) is 13.1. The molecule has 1 heteroatoms. The zero-order valence-electron chi connectivity index (χ0n) is 19.2. The van der Waals surface area contributed by atoms with Crippen LogP contribution < -0.4 is 0 Å². The zero-order chi connectivity index (χ0) is 20.8.